The zero-order valence-corrected chi connectivity index (χ0v) is 17.0. The highest BCUT2D eigenvalue weighted by atomic mass is 127. The third kappa shape index (κ3) is 5.48. The summed E-state index contributed by atoms with van der Waals surface area (Å²) in [6.45, 7) is 3.22. The number of rotatable bonds is 5. The number of hydrogen-bond acceptors (Lipinski definition) is 4. The van der Waals surface area contributed by atoms with Gasteiger partial charge in [0, 0.05) is 44.5 Å². The van der Waals surface area contributed by atoms with Gasteiger partial charge >= 0.3 is 0 Å². The van der Waals surface area contributed by atoms with Crippen molar-refractivity contribution in [1.29, 1.82) is 0 Å². The van der Waals surface area contributed by atoms with Crippen LogP contribution >= 0.6 is 35.3 Å². The number of nitrogens with zero attached hydrogens (tertiary/aromatic N) is 3. The number of hydrogen-bond donors (Lipinski definition) is 2. The number of thiazole rings is 1. The monoisotopic (exact) mass is 449 g/mol. The van der Waals surface area contributed by atoms with Gasteiger partial charge in [-0.25, -0.2) is 4.98 Å². The van der Waals surface area contributed by atoms with Crippen LogP contribution in [-0.4, -0.2) is 43.7 Å². The molecule has 1 aromatic rings. The Hall–Kier alpha value is -0.570. The molecule has 1 saturated heterocycles. The molecule has 0 aromatic carbocycles. The minimum absolute atomic E-state index is 0. The zero-order chi connectivity index (χ0) is 15.2. The molecule has 2 aliphatic rings. The molecule has 0 unspecified atom stereocenters. The van der Waals surface area contributed by atoms with Gasteiger partial charge in [0.05, 0.1) is 5.69 Å². The second kappa shape index (κ2) is 9.66. The molecule has 0 bridgehead atoms. The predicted molar refractivity (Wildman–Crippen MR) is 109 cm³/mol. The Morgan fingerprint density at radius 3 is 2.74 bits per heavy atom. The summed E-state index contributed by atoms with van der Waals surface area (Å²) in [6.07, 6.45) is 8.78. The summed E-state index contributed by atoms with van der Waals surface area (Å²) in [5.74, 6) is 0.932. The molecule has 1 saturated carbocycles. The van der Waals surface area contributed by atoms with Crippen LogP contribution < -0.4 is 15.5 Å². The van der Waals surface area contributed by atoms with E-state index in [1.807, 2.05) is 7.05 Å². The van der Waals surface area contributed by atoms with Gasteiger partial charge in [0.2, 0.25) is 0 Å². The van der Waals surface area contributed by atoms with Gasteiger partial charge in [-0.15, -0.1) is 35.3 Å². The number of aromatic nitrogens is 1. The van der Waals surface area contributed by atoms with Gasteiger partial charge in [-0.1, -0.05) is 12.8 Å². The van der Waals surface area contributed by atoms with Crippen molar-refractivity contribution in [2.75, 3.05) is 31.6 Å². The SMILES string of the molecule is CN=C(NCCc1csc(N2CCCC2)n1)NC1CCCC1.I. The lowest BCUT2D eigenvalue weighted by atomic mass is 10.2. The maximum atomic E-state index is 4.76. The van der Waals surface area contributed by atoms with Gasteiger partial charge in [-0.05, 0) is 25.7 Å². The van der Waals surface area contributed by atoms with Crippen molar-refractivity contribution >= 4 is 46.4 Å². The summed E-state index contributed by atoms with van der Waals surface area (Å²) in [5, 5.41) is 10.3. The first-order valence-corrected chi connectivity index (χ1v) is 9.39. The third-order valence-corrected chi connectivity index (χ3v) is 5.46. The zero-order valence-electron chi connectivity index (χ0n) is 13.9. The quantitative estimate of drug-likeness (QED) is 0.412. The van der Waals surface area contributed by atoms with Crippen LogP contribution in [0.5, 0.6) is 0 Å². The molecule has 2 heterocycles. The van der Waals surface area contributed by atoms with E-state index in [1.54, 1.807) is 11.3 Å². The molecule has 0 amide bonds. The molecule has 0 radical (unpaired) electrons. The van der Waals surface area contributed by atoms with E-state index in [4.69, 9.17) is 4.98 Å². The van der Waals surface area contributed by atoms with Gasteiger partial charge < -0.3 is 15.5 Å². The fourth-order valence-electron chi connectivity index (χ4n) is 3.23. The Kier molecular flexibility index (Phi) is 7.88. The minimum atomic E-state index is 0. The summed E-state index contributed by atoms with van der Waals surface area (Å²) in [5.41, 5.74) is 1.19. The Bertz CT molecular complexity index is 492. The molecule has 1 aromatic heterocycles. The van der Waals surface area contributed by atoms with Crippen LogP contribution in [0.2, 0.25) is 0 Å². The van der Waals surface area contributed by atoms with E-state index in [0.717, 1.165) is 18.9 Å². The topological polar surface area (TPSA) is 52.6 Å². The predicted octanol–water partition coefficient (Wildman–Crippen LogP) is 3.01. The maximum Gasteiger partial charge on any atom is 0.191 e. The second-order valence-electron chi connectivity index (χ2n) is 6.19. The fourth-order valence-corrected chi connectivity index (χ4v) is 4.15. The van der Waals surface area contributed by atoms with Gasteiger partial charge in [0.15, 0.2) is 11.1 Å². The molecular formula is C16H28IN5S. The van der Waals surface area contributed by atoms with Crippen molar-refractivity contribution in [3.63, 3.8) is 0 Å². The van der Waals surface area contributed by atoms with E-state index in [9.17, 15) is 0 Å². The third-order valence-electron chi connectivity index (χ3n) is 4.51. The minimum Gasteiger partial charge on any atom is -0.356 e. The smallest absolute Gasteiger partial charge is 0.191 e. The average Bonchev–Trinajstić information content (AvgIpc) is 3.27. The molecule has 7 heteroatoms. The molecule has 1 aliphatic heterocycles. The standard InChI is InChI=1S/C16H27N5S.HI/c1-17-15(19-13-6-2-3-7-13)18-9-8-14-12-22-16(20-14)21-10-4-5-11-21;/h12-13H,2-11H2,1H3,(H2,17,18,19);1H. The van der Waals surface area contributed by atoms with E-state index in [1.165, 1.54) is 62.4 Å². The van der Waals surface area contributed by atoms with Crippen LogP contribution in [0.1, 0.15) is 44.2 Å². The molecular weight excluding hydrogens is 421 g/mol. The average molecular weight is 449 g/mol. The highest BCUT2D eigenvalue weighted by Crippen LogP contribution is 2.24. The molecule has 2 fully saturated rings. The molecule has 130 valence electrons. The van der Waals surface area contributed by atoms with Crippen LogP contribution in [0, 0.1) is 0 Å². The second-order valence-corrected chi connectivity index (χ2v) is 7.03. The van der Waals surface area contributed by atoms with Crippen molar-refractivity contribution in [2.24, 2.45) is 4.99 Å². The van der Waals surface area contributed by atoms with E-state index < -0.39 is 0 Å². The molecule has 5 nitrogen and oxygen atoms in total. The van der Waals surface area contributed by atoms with Gasteiger partial charge in [-0.2, -0.15) is 0 Å². The van der Waals surface area contributed by atoms with Gasteiger partial charge in [-0.3, -0.25) is 4.99 Å². The van der Waals surface area contributed by atoms with Crippen LogP contribution in [0.3, 0.4) is 0 Å². The number of anilines is 1. The van der Waals surface area contributed by atoms with Gasteiger partial charge in [0.25, 0.3) is 0 Å². The van der Waals surface area contributed by atoms with Crippen molar-refractivity contribution < 1.29 is 0 Å². The molecule has 3 rings (SSSR count). The van der Waals surface area contributed by atoms with Crippen LogP contribution in [-0.2, 0) is 6.42 Å². The Morgan fingerprint density at radius 1 is 1.30 bits per heavy atom. The summed E-state index contributed by atoms with van der Waals surface area (Å²) in [6, 6.07) is 0.604. The summed E-state index contributed by atoms with van der Waals surface area (Å²) < 4.78 is 0. The lowest BCUT2D eigenvalue weighted by Crippen LogP contribution is -2.43. The first-order chi connectivity index (χ1) is 10.8. The number of nitrogens with one attached hydrogen (secondary N) is 2. The van der Waals surface area contributed by atoms with E-state index in [-0.39, 0.29) is 24.0 Å². The first-order valence-electron chi connectivity index (χ1n) is 8.51. The number of guanidine groups is 1. The molecule has 2 N–H and O–H groups in total. The van der Waals surface area contributed by atoms with Crippen molar-refractivity contribution in [1.82, 2.24) is 15.6 Å². The van der Waals surface area contributed by atoms with Crippen molar-refractivity contribution in [2.45, 2.75) is 51.0 Å². The maximum absolute atomic E-state index is 4.76. The van der Waals surface area contributed by atoms with Crippen molar-refractivity contribution in [3.05, 3.63) is 11.1 Å². The first kappa shape index (κ1) is 18.8. The molecule has 0 atom stereocenters. The summed E-state index contributed by atoms with van der Waals surface area (Å²) >= 11 is 1.78. The Morgan fingerprint density at radius 2 is 2.04 bits per heavy atom. The van der Waals surface area contributed by atoms with E-state index in [2.05, 4.69) is 25.9 Å². The van der Waals surface area contributed by atoms with Crippen LogP contribution in [0.25, 0.3) is 0 Å². The number of halogens is 1. The highest BCUT2D eigenvalue weighted by molar-refractivity contribution is 14.0. The normalized spacial score (nSPS) is 19.0. The van der Waals surface area contributed by atoms with E-state index in [0.29, 0.717) is 6.04 Å². The lowest BCUT2D eigenvalue weighted by molar-refractivity contribution is 0.613. The Balaban J connectivity index is 0.00000192. The highest BCUT2D eigenvalue weighted by Gasteiger charge is 2.17. The number of aliphatic imine (C=N–C) groups is 1. The largest absolute Gasteiger partial charge is 0.356 e. The van der Waals surface area contributed by atoms with Crippen LogP contribution in [0.15, 0.2) is 10.4 Å². The lowest BCUT2D eigenvalue weighted by Gasteiger charge is -2.16. The fraction of sp³-hybridized carbons (Fsp3) is 0.750. The van der Waals surface area contributed by atoms with Crippen LogP contribution in [0.4, 0.5) is 5.13 Å². The van der Waals surface area contributed by atoms with Gasteiger partial charge in [0.1, 0.15) is 0 Å². The molecule has 1 aliphatic carbocycles. The molecule has 0 spiro atoms. The summed E-state index contributed by atoms with van der Waals surface area (Å²) in [7, 11) is 1.85. The van der Waals surface area contributed by atoms with Crippen molar-refractivity contribution in [3.8, 4) is 0 Å². The summed E-state index contributed by atoms with van der Waals surface area (Å²) in [4.78, 5) is 11.5. The Labute approximate surface area is 160 Å². The molecule has 23 heavy (non-hydrogen) atoms. The van der Waals surface area contributed by atoms with E-state index >= 15 is 0 Å².